The lowest BCUT2D eigenvalue weighted by molar-refractivity contribution is -0.126. The molecule has 0 aromatic heterocycles. The van der Waals surface area contributed by atoms with E-state index in [0.29, 0.717) is 10.0 Å². The van der Waals surface area contributed by atoms with Crippen LogP contribution < -0.4 is 5.84 Å². The number of amides is 2. The van der Waals surface area contributed by atoms with Crippen LogP contribution in [-0.4, -0.2) is 22.7 Å². The first kappa shape index (κ1) is 12.0. The monoisotopic (exact) mass is 246 g/mol. The molecule has 0 bridgehead atoms. The van der Waals surface area contributed by atoms with Crippen LogP contribution in [0.25, 0.3) is 0 Å². The molecule has 2 amide bonds. The zero-order valence-corrected chi connectivity index (χ0v) is 9.13. The lowest BCUT2D eigenvalue weighted by Crippen LogP contribution is -2.43. The van der Waals surface area contributed by atoms with Gasteiger partial charge in [0, 0.05) is 10.6 Å². The van der Waals surface area contributed by atoms with Crippen LogP contribution in [0.4, 0.5) is 0 Å². The summed E-state index contributed by atoms with van der Waals surface area (Å²) in [6, 6.07) is 6.03. The molecule has 0 aliphatic rings. The van der Waals surface area contributed by atoms with Gasteiger partial charge in [-0.2, -0.15) is 0 Å². The van der Waals surface area contributed by atoms with Gasteiger partial charge in [-0.25, -0.2) is 10.9 Å². The Labute approximate surface area is 96.5 Å². The predicted octanol–water partition coefficient (Wildman–Crippen LogP) is 1.42. The maximum atomic E-state index is 11.5. The highest BCUT2D eigenvalue weighted by Crippen LogP contribution is 2.10. The number of nitrogens with two attached hydrogens (primary N) is 1. The van der Waals surface area contributed by atoms with E-state index in [4.69, 9.17) is 29.0 Å². The standard InChI is InChI=1S/C9H8Cl2N2O2/c10-5-8(14)13(12)9(15)6-1-3-7(11)4-2-6/h1-4H,5,12H2. The third-order valence-electron chi connectivity index (χ3n) is 1.69. The number of carbonyl (C=O) groups excluding carboxylic acids is 2. The first-order valence-corrected chi connectivity index (χ1v) is 4.91. The van der Waals surface area contributed by atoms with Gasteiger partial charge in [0.1, 0.15) is 5.88 Å². The number of hydrazine groups is 1. The Balaban J connectivity index is 2.85. The van der Waals surface area contributed by atoms with Crippen LogP contribution >= 0.6 is 23.2 Å². The molecule has 6 heteroatoms. The van der Waals surface area contributed by atoms with Crippen LogP contribution in [0, 0.1) is 0 Å². The summed E-state index contributed by atoms with van der Waals surface area (Å²) in [6.07, 6.45) is 0. The highest BCUT2D eigenvalue weighted by molar-refractivity contribution is 6.30. The van der Waals surface area contributed by atoms with E-state index in [0.717, 1.165) is 0 Å². The number of hydrogen-bond acceptors (Lipinski definition) is 3. The molecule has 0 heterocycles. The molecule has 0 spiro atoms. The quantitative estimate of drug-likeness (QED) is 0.372. The molecule has 1 rings (SSSR count). The van der Waals surface area contributed by atoms with Crippen molar-refractivity contribution >= 4 is 35.0 Å². The van der Waals surface area contributed by atoms with Crippen molar-refractivity contribution in [3.63, 3.8) is 0 Å². The molecule has 15 heavy (non-hydrogen) atoms. The number of nitrogens with zero attached hydrogens (tertiary/aromatic N) is 1. The summed E-state index contributed by atoms with van der Waals surface area (Å²) < 4.78 is 0. The number of hydrogen-bond donors (Lipinski definition) is 1. The molecule has 0 unspecified atom stereocenters. The van der Waals surface area contributed by atoms with Gasteiger partial charge in [0.2, 0.25) is 0 Å². The van der Waals surface area contributed by atoms with Crippen molar-refractivity contribution in [2.24, 2.45) is 5.84 Å². The summed E-state index contributed by atoms with van der Waals surface area (Å²) in [5.74, 6) is 3.65. The topological polar surface area (TPSA) is 63.4 Å². The van der Waals surface area contributed by atoms with E-state index in [1.165, 1.54) is 24.3 Å². The van der Waals surface area contributed by atoms with Crippen molar-refractivity contribution in [2.45, 2.75) is 0 Å². The second-order valence-corrected chi connectivity index (χ2v) is 3.41. The zero-order valence-electron chi connectivity index (χ0n) is 7.61. The van der Waals surface area contributed by atoms with E-state index < -0.39 is 11.8 Å². The molecule has 1 aromatic carbocycles. The fourth-order valence-corrected chi connectivity index (χ4v) is 1.16. The van der Waals surface area contributed by atoms with E-state index >= 15 is 0 Å². The normalized spacial score (nSPS) is 9.80. The molecule has 2 N–H and O–H groups in total. The Hall–Kier alpha value is -1.10. The minimum Gasteiger partial charge on any atom is -0.272 e. The van der Waals surface area contributed by atoms with E-state index in [1.54, 1.807) is 0 Å². The van der Waals surface area contributed by atoms with Crippen molar-refractivity contribution in [1.29, 1.82) is 0 Å². The molecule has 0 atom stereocenters. The van der Waals surface area contributed by atoms with Gasteiger partial charge in [-0.05, 0) is 24.3 Å². The Morgan fingerprint density at radius 1 is 1.27 bits per heavy atom. The van der Waals surface area contributed by atoms with Gasteiger partial charge in [0.15, 0.2) is 0 Å². The third-order valence-corrected chi connectivity index (χ3v) is 2.17. The van der Waals surface area contributed by atoms with Crippen LogP contribution in [0.1, 0.15) is 10.4 Å². The van der Waals surface area contributed by atoms with Crippen molar-refractivity contribution < 1.29 is 9.59 Å². The molecule has 80 valence electrons. The second kappa shape index (κ2) is 5.11. The Morgan fingerprint density at radius 2 is 1.80 bits per heavy atom. The van der Waals surface area contributed by atoms with E-state index in [1.807, 2.05) is 0 Å². The molecule has 4 nitrogen and oxygen atoms in total. The van der Waals surface area contributed by atoms with Crippen LogP contribution in [-0.2, 0) is 4.79 Å². The number of alkyl halides is 1. The van der Waals surface area contributed by atoms with Gasteiger partial charge in [-0.15, -0.1) is 11.6 Å². The fourth-order valence-electron chi connectivity index (χ4n) is 0.909. The Bertz CT molecular complexity index is 378. The van der Waals surface area contributed by atoms with Crippen LogP contribution in [0.5, 0.6) is 0 Å². The summed E-state index contributed by atoms with van der Waals surface area (Å²) in [6.45, 7) is 0. The minimum atomic E-state index is -0.656. The van der Waals surface area contributed by atoms with Crippen LogP contribution in [0.15, 0.2) is 24.3 Å². The molecular formula is C9H8Cl2N2O2. The summed E-state index contributed by atoms with van der Waals surface area (Å²) in [5, 5.41) is 0.981. The first-order chi connectivity index (χ1) is 7.06. The van der Waals surface area contributed by atoms with Crippen molar-refractivity contribution in [3.05, 3.63) is 34.9 Å². The highest BCUT2D eigenvalue weighted by atomic mass is 35.5. The van der Waals surface area contributed by atoms with Gasteiger partial charge >= 0.3 is 0 Å². The van der Waals surface area contributed by atoms with Crippen molar-refractivity contribution in [2.75, 3.05) is 5.88 Å². The van der Waals surface area contributed by atoms with Gasteiger partial charge in [0.25, 0.3) is 11.8 Å². The number of benzene rings is 1. The average molecular weight is 247 g/mol. The zero-order chi connectivity index (χ0) is 11.4. The fraction of sp³-hybridized carbons (Fsp3) is 0.111. The van der Waals surface area contributed by atoms with Crippen LogP contribution in [0.2, 0.25) is 5.02 Å². The summed E-state index contributed by atoms with van der Waals surface area (Å²) in [5.41, 5.74) is 0.278. The number of halogens is 2. The van der Waals surface area contributed by atoms with E-state index in [-0.39, 0.29) is 11.4 Å². The molecule has 0 aliphatic heterocycles. The average Bonchev–Trinajstić information content (AvgIpc) is 2.27. The number of rotatable bonds is 2. The lowest BCUT2D eigenvalue weighted by atomic mass is 10.2. The maximum Gasteiger partial charge on any atom is 0.274 e. The SMILES string of the molecule is NN(C(=O)CCl)C(=O)c1ccc(Cl)cc1. The molecule has 1 aromatic rings. The molecule has 0 fully saturated rings. The lowest BCUT2D eigenvalue weighted by Gasteiger charge is -2.12. The van der Waals surface area contributed by atoms with Crippen molar-refractivity contribution in [1.82, 2.24) is 5.01 Å². The molecular weight excluding hydrogens is 239 g/mol. The molecule has 0 saturated heterocycles. The van der Waals surface area contributed by atoms with Gasteiger partial charge in [-0.3, -0.25) is 9.59 Å². The second-order valence-electron chi connectivity index (χ2n) is 2.71. The molecule has 0 radical (unpaired) electrons. The van der Waals surface area contributed by atoms with Crippen LogP contribution in [0.3, 0.4) is 0 Å². The summed E-state index contributed by atoms with van der Waals surface area (Å²) >= 11 is 10.9. The number of carbonyl (C=O) groups is 2. The summed E-state index contributed by atoms with van der Waals surface area (Å²) in [7, 11) is 0. The first-order valence-electron chi connectivity index (χ1n) is 3.99. The van der Waals surface area contributed by atoms with E-state index in [2.05, 4.69) is 0 Å². The predicted molar refractivity (Wildman–Crippen MR) is 57.5 cm³/mol. The Kier molecular flexibility index (Phi) is 4.08. The van der Waals surface area contributed by atoms with Gasteiger partial charge in [0.05, 0.1) is 0 Å². The molecule has 0 saturated carbocycles. The van der Waals surface area contributed by atoms with Gasteiger partial charge < -0.3 is 0 Å². The number of imide groups is 1. The third kappa shape index (κ3) is 2.92. The van der Waals surface area contributed by atoms with E-state index in [9.17, 15) is 9.59 Å². The largest absolute Gasteiger partial charge is 0.274 e. The minimum absolute atomic E-state index is 0.278. The molecule has 0 aliphatic carbocycles. The highest BCUT2D eigenvalue weighted by Gasteiger charge is 2.18. The smallest absolute Gasteiger partial charge is 0.272 e. The Morgan fingerprint density at radius 3 is 2.27 bits per heavy atom. The summed E-state index contributed by atoms with van der Waals surface area (Å²) in [4.78, 5) is 22.6. The maximum absolute atomic E-state index is 11.5. The van der Waals surface area contributed by atoms with Crippen molar-refractivity contribution in [3.8, 4) is 0 Å². The van der Waals surface area contributed by atoms with Gasteiger partial charge in [-0.1, -0.05) is 11.6 Å².